The summed E-state index contributed by atoms with van der Waals surface area (Å²) in [6.07, 6.45) is 4.31. The maximum atomic E-state index is 11.4. The molecule has 0 atom stereocenters. The zero-order valence-electron chi connectivity index (χ0n) is 12.7. The largest absolute Gasteiger partial charge is 0.310 e. The lowest BCUT2D eigenvalue weighted by molar-refractivity contribution is 0.112. The van der Waals surface area contributed by atoms with Gasteiger partial charge in [0, 0.05) is 16.3 Å². The number of hydrogen-bond donors (Lipinski definition) is 1. The summed E-state index contributed by atoms with van der Waals surface area (Å²) in [6.45, 7) is 2.08. The van der Waals surface area contributed by atoms with Crippen LogP contribution in [0.5, 0.6) is 0 Å². The van der Waals surface area contributed by atoms with Crippen molar-refractivity contribution in [1.29, 1.82) is 5.41 Å². The number of hydrogen-bond acceptors (Lipinski definition) is 2. The van der Waals surface area contributed by atoms with Gasteiger partial charge in [-0.1, -0.05) is 49.2 Å². The third-order valence-corrected chi connectivity index (χ3v) is 3.92. The molecule has 0 spiro atoms. The molecule has 2 nitrogen and oxygen atoms in total. The fourth-order valence-corrected chi connectivity index (χ4v) is 2.61. The molecule has 0 saturated heterocycles. The van der Waals surface area contributed by atoms with Crippen LogP contribution < -0.4 is 0 Å². The van der Waals surface area contributed by atoms with E-state index in [1.54, 1.807) is 0 Å². The van der Waals surface area contributed by atoms with E-state index in [4.69, 9.17) is 17.0 Å². The molecule has 0 aliphatic carbocycles. The fourth-order valence-electron chi connectivity index (χ4n) is 2.48. The molecule has 0 fully saturated rings. The minimum atomic E-state index is 0.682. The van der Waals surface area contributed by atoms with E-state index < -0.39 is 0 Å². The summed E-state index contributed by atoms with van der Waals surface area (Å²) >= 11 is 5.90. The maximum Gasteiger partial charge on any atom is 0.150 e. The second kappa shape index (κ2) is 7.90. The smallest absolute Gasteiger partial charge is 0.150 e. The minimum absolute atomic E-state index is 0.682. The van der Waals surface area contributed by atoms with Crippen LogP contribution in [0.25, 0.3) is 11.1 Å². The quantitative estimate of drug-likeness (QED) is 0.526. The van der Waals surface area contributed by atoms with Gasteiger partial charge in [-0.3, -0.25) is 4.79 Å². The number of benzene rings is 2. The molecule has 2 aromatic carbocycles. The predicted octanol–water partition coefficient (Wildman–Crippen LogP) is 5.57. The first-order valence-corrected chi connectivity index (χ1v) is 7.92. The average Bonchev–Trinajstić information content (AvgIpc) is 2.54. The Morgan fingerprint density at radius 3 is 2.50 bits per heavy atom. The Morgan fingerprint density at radius 1 is 1.14 bits per heavy atom. The number of carbonyl (C=O) groups is 1. The Balaban J connectivity index is 2.19. The van der Waals surface area contributed by atoms with E-state index in [1.807, 2.05) is 42.5 Å². The SMILES string of the molecule is CCCC(=N)CCc1ccc(-c2ccc(Cl)cc2)c(C=O)c1. The zero-order chi connectivity index (χ0) is 15.9. The molecular weight excluding hydrogens is 294 g/mol. The first-order chi connectivity index (χ1) is 10.6. The Hall–Kier alpha value is -1.93. The second-order valence-electron chi connectivity index (χ2n) is 5.40. The van der Waals surface area contributed by atoms with E-state index in [1.165, 1.54) is 0 Å². The molecule has 0 heterocycles. The van der Waals surface area contributed by atoms with E-state index >= 15 is 0 Å². The van der Waals surface area contributed by atoms with Gasteiger partial charge in [0.2, 0.25) is 0 Å². The number of carbonyl (C=O) groups excluding carboxylic acids is 1. The van der Waals surface area contributed by atoms with Crippen molar-refractivity contribution in [2.75, 3.05) is 0 Å². The van der Waals surface area contributed by atoms with E-state index in [0.717, 1.165) is 54.4 Å². The molecular formula is C19H20ClNO. The van der Waals surface area contributed by atoms with Gasteiger partial charge in [0.05, 0.1) is 0 Å². The minimum Gasteiger partial charge on any atom is -0.310 e. The Kier molecular flexibility index (Phi) is 5.91. The van der Waals surface area contributed by atoms with Gasteiger partial charge in [0.25, 0.3) is 0 Å². The number of aldehydes is 1. The van der Waals surface area contributed by atoms with Gasteiger partial charge < -0.3 is 5.41 Å². The third kappa shape index (κ3) is 4.28. The zero-order valence-corrected chi connectivity index (χ0v) is 13.5. The van der Waals surface area contributed by atoms with Crippen LogP contribution in [0.3, 0.4) is 0 Å². The molecule has 0 unspecified atom stereocenters. The Bertz CT molecular complexity index is 662. The van der Waals surface area contributed by atoms with Gasteiger partial charge in [0.1, 0.15) is 0 Å². The topological polar surface area (TPSA) is 40.9 Å². The van der Waals surface area contributed by atoms with Crippen LogP contribution in [-0.2, 0) is 6.42 Å². The summed E-state index contributed by atoms with van der Waals surface area (Å²) in [4.78, 5) is 11.4. The summed E-state index contributed by atoms with van der Waals surface area (Å²) in [7, 11) is 0. The molecule has 0 radical (unpaired) electrons. The number of halogens is 1. The normalized spacial score (nSPS) is 10.5. The highest BCUT2D eigenvalue weighted by Gasteiger charge is 2.07. The molecule has 0 aromatic heterocycles. The van der Waals surface area contributed by atoms with Crippen molar-refractivity contribution in [3.05, 3.63) is 58.6 Å². The van der Waals surface area contributed by atoms with Gasteiger partial charge >= 0.3 is 0 Å². The molecule has 0 aliphatic heterocycles. The molecule has 22 heavy (non-hydrogen) atoms. The lowest BCUT2D eigenvalue weighted by Crippen LogP contribution is -1.99. The summed E-state index contributed by atoms with van der Waals surface area (Å²) in [6, 6.07) is 13.4. The number of rotatable bonds is 7. The van der Waals surface area contributed by atoms with Gasteiger partial charge in [-0.2, -0.15) is 0 Å². The first-order valence-electron chi connectivity index (χ1n) is 7.54. The molecule has 2 aromatic rings. The van der Waals surface area contributed by atoms with Gasteiger partial charge in [0.15, 0.2) is 6.29 Å². The van der Waals surface area contributed by atoms with Crippen LogP contribution in [0.1, 0.15) is 42.1 Å². The van der Waals surface area contributed by atoms with Crippen molar-refractivity contribution < 1.29 is 4.79 Å². The van der Waals surface area contributed by atoms with Crippen molar-refractivity contribution >= 4 is 23.6 Å². The summed E-state index contributed by atoms with van der Waals surface area (Å²) in [5.41, 5.74) is 4.45. The molecule has 1 N–H and O–H groups in total. The van der Waals surface area contributed by atoms with Gasteiger partial charge in [-0.05, 0) is 54.2 Å². The van der Waals surface area contributed by atoms with E-state index in [9.17, 15) is 4.79 Å². The fraction of sp³-hybridized carbons (Fsp3) is 0.263. The van der Waals surface area contributed by atoms with Crippen LogP contribution in [0.2, 0.25) is 5.02 Å². The second-order valence-corrected chi connectivity index (χ2v) is 5.84. The molecule has 2 rings (SSSR count). The van der Waals surface area contributed by atoms with Crippen molar-refractivity contribution in [2.24, 2.45) is 0 Å². The monoisotopic (exact) mass is 313 g/mol. The summed E-state index contributed by atoms with van der Waals surface area (Å²) in [5, 5.41) is 8.53. The number of aryl methyl sites for hydroxylation is 1. The predicted molar refractivity (Wildman–Crippen MR) is 93.2 cm³/mol. The molecule has 3 heteroatoms. The highest BCUT2D eigenvalue weighted by molar-refractivity contribution is 6.30. The average molecular weight is 314 g/mol. The molecule has 0 aliphatic rings. The maximum absolute atomic E-state index is 11.4. The highest BCUT2D eigenvalue weighted by atomic mass is 35.5. The van der Waals surface area contributed by atoms with Crippen LogP contribution in [0.4, 0.5) is 0 Å². The van der Waals surface area contributed by atoms with E-state index in [2.05, 4.69) is 6.92 Å². The van der Waals surface area contributed by atoms with Crippen molar-refractivity contribution in [1.82, 2.24) is 0 Å². The lowest BCUT2D eigenvalue weighted by Gasteiger charge is -2.09. The van der Waals surface area contributed by atoms with Crippen molar-refractivity contribution in [3.63, 3.8) is 0 Å². The molecule has 114 valence electrons. The Labute approximate surface area is 136 Å². The first kappa shape index (κ1) is 16.4. The van der Waals surface area contributed by atoms with Crippen LogP contribution in [-0.4, -0.2) is 12.0 Å². The standard InChI is InChI=1S/C19H20ClNO/c1-2-3-18(21)10-4-14-5-11-19(16(12-14)13-22)15-6-8-17(20)9-7-15/h5-9,11-13,21H,2-4,10H2,1H3. The van der Waals surface area contributed by atoms with Crippen molar-refractivity contribution in [3.8, 4) is 11.1 Å². The molecule has 0 amide bonds. The molecule has 0 saturated carbocycles. The van der Waals surface area contributed by atoms with Gasteiger partial charge in [-0.25, -0.2) is 0 Å². The lowest BCUT2D eigenvalue weighted by atomic mass is 9.96. The summed E-state index contributed by atoms with van der Waals surface area (Å²) in [5.74, 6) is 0. The summed E-state index contributed by atoms with van der Waals surface area (Å²) < 4.78 is 0. The Morgan fingerprint density at radius 2 is 1.86 bits per heavy atom. The molecule has 0 bridgehead atoms. The van der Waals surface area contributed by atoms with Crippen LogP contribution >= 0.6 is 11.6 Å². The van der Waals surface area contributed by atoms with Crippen LogP contribution in [0, 0.1) is 5.41 Å². The van der Waals surface area contributed by atoms with Crippen LogP contribution in [0.15, 0.2) is 42.5 Å². The number of nitrogens with one attached hydrogen (secondary N) is 1. The highest BCUT2D eigenvalue weighted by Crippen LogP contribution is 2.25. The van der Waals surface area contributed by atoms with Crippen molar-refractivity contribution in [2.45, 2.75) is 32.6 Å². The third-order valence-electron chi connectivity index (χ3n) is 3.67. The van der Waals surface area contributed by atoms with E-state index in [-0.39, 0.29) is 0 Å². The van der Waals surface area contributed by atoms with E-state index in [0.29, 0.717) is 10.6 Å². The van der Waals surface area contributed by atoms with Gasteiger partial charge in [-0.15, -0.1) is 0 Å².